The van der Waals surface area contributed by atoms with Gasteiger partial charge in [-0.2, -0.15) is 0 Å². The van der Waals surface area contributed by atoms with Crippen LogP contribution in [0, 0.1) is 0 Å². The highest BCUT2D eigenvalue weighted by Crippen LogP contribution is 2.34. The maximum atomic E-state index is 5.91. The van der Waals surface area contributed by atoms with Crippen LogP contribution in [0.3, 0.4) is 0 Å². The number of allylic oxidation sites excluding steroid dienone is 1. The highest BCUT2D eigenvalue weighted by Gasteiger charge is 2.16. The van der Waals surface area contributed by atoms with Gasteiger partial charge in [-0.1, -0.05) is 79.7 Å². The second-order valence-corrected chi connectivity index (χ2v) is 7.15. The molecule has 0 N–H and O–H groups in total. The van der Waals surface area contributed by atoms with Gasteiger partial charge in [0.2, 0.25) is 0 Å². The number of hydrogen-bond acceptors (Lipinski definition) is 2. The Kier molecular flexibility index (Phi) is 5.89. The summed E-state index contributed by atoms with van der Waals surface area (Å²) >= 11 is 0. The second kappa shape index (κ2) is 8.90. The molecule has 0 aromatic heterocycles. The van der Waals surface area contributed by atoms with Crippen molar-refractivity contribution in [3.8, 4) is 5.75 Å². The maximum absolute atomic E-state index is 5.91. The van der Waals surface area contributed by atoms with E-state index in [1.165, 1.54) is 40.9 Å². The van der Waals surface area contributed by atoms with Crippen molar-refractivity contribution in [2.75, 3.05) is 26.2 Å². The minimum Gasteiger partial charge on any atom is -0.492 e. The van der Waals surface area contributed by atoms with Gasteiger partial charge in [-0.3, -0.25) is 4.90 Å². The number of nitrogens with zero attached hydrogens (tertiary/aromatic N) is 1. The lowest BCUT2D eigenvalue weighted by molar-refractivity contribution is 0.292. The first kappa shape index (κ1) is 18.5. The maximum Gasteiger partial charge on any atom is 0.119 e. The fourth-order valence-electron chi connectivity index (χ4n) is 3.59. The molecule has 0 spiro atoms. The standard InChI is InChI=1S/C26H27NO/c1-2-25(21-9-5-3-6-10-21)26(22-11-7-4-8-12-22)23-13-15-24(16-14-23)28-20-19-27-17-18-27/h3-16H,2,17-20H2,1H3/b26-25-. The monoisotopic (exact) mass is 369 g/mol. The van der Waals surface area contributed by atoms with E-state index in [4.69, 9.17) is 4.74 Å². The van der Waals surface area contributed by atoms with Crippen LogP contribution in [0.15, 0.2) is 84.9 Å². The summed E-state index contributed by atoms with van der Waals surface area (Å²) in [5.41, 5.74) is 6.42. The second-order valence-electron chi connectivity index (χ2n) is 7.15. The number of ether oxygens (including phenoxy) is 1. The van der Waals surface area contributed by atoms with Gasteiger partial charge in [-0.25, -0.2) is 0 Å². The van der Waals surface area contributed by atoms with Crippen LogP contribution in [0.4, 0.5) is 0 Å². The smallest absolute Gasteiger partial charge is 0.119 e. The molecule has 3 aromatic carbocycles. The van der Waals surface area contributed by atoms with Crippen LogP contribution >= 0.6 is 0 Å². The number of rotatable bonds is 8. The fraction of sp³-hybridized carbons (Fsp3) is 0.231. The third-order valence-corrected chi connectivity index (χ3v) is 5.20. The third kappa shape index (κ3) is 4.52. The van der Waals surface area contributed by atoms with E-state index in [-0.39, 0.29) is 0 Å². The predicted octanol–water partition coefficient (Wildman–Crippen LogP) is 5.75. The first-order valence-electron chi connectivity index (χ1n) is 10.1. The molecular formula is C26H27NO. The third-order valence-electron chi connectivity index (χ3n) is 5.20. The van der Waals surface area contributed by atoms with Crippen molar-refractivity contribution in [3.63, 3.8) is 0 Å². The van der Waals surface area contributed by atoms with E-state index in [0.29, 0.717) is 0 Å². The van der Waals surface area contributed by atoms with Gasteiger partial charge in [-0.05, 0) is 46.4 Å². The lowest BCUT2D eigenvalue weighted by atomic mass is 9.88. The van der Waals surface area contributed by atoms with Crippen LogP contribution in [0.5, 0.6) is 5.75 Å². The van der Waals surface area contributed by atoms with Crippen LogP contribution in [-0.4, -0.2) is 31.1 Å². The first-order chi connectivity index (χ1) is 13.8. The molecule has 28 heavy (non-hydrogen) atoms. The van der Waals surface area contributed by atoms with Crippen LogP contribution in [-0.2, 0) is 0 Å². The summed E-state index contributed by atoms with van der Waals surface area (Å²) in [6.07, 6.45) is 0.975. The van der Waals surface area contributed by atoms with Gasteiger partial charge in [0.05, 0.1) is 0 Å². The average Bonchev–Trinajstić information content (AvgIpc) is 3.58. The van der Waals surface area contributed by atoms with Gasteiger partial charge in [-0.15, -0.1) is 0 Å². The molecule has 0 radical (unpaired) electrons. The van der Waals surface area contributed by atoms with Crippen molar-refractivity contribution in [1.29, 1.82) is 0 Å². The van der Waals surface area contributed by atoms with Gasteiger partial charge in [0.1, 0.15) is 12.4 Å². The minimum atomic E-state index is 0.755. The van der Waals surface area contributed by atoms with Crippen molar-refractivity contribution < 1.29 is 4.74 Å². The highest BCUT2D eigenvalue weighted by atomic mass is 16.5. The van der Waals surface area contributed by atoms with E-state index in [0.717, 1.165) is 25.3 Å². The van der Waals surface area contributed by atoms with Crippen molar-refractivity contribution >= 4 is 11.1 Å². The molecule has 0 atom stereocenters. The fourth-order valence-corrected chi connectivity index (χ4v) is 3.59. The lowest BCUT2D eigenvalue weighted by Gasteiger charge is -2.17. The lowest BCUT2D eigenvalue weighted by Crippen LogP contribution is -2.10. The van der Waals surface area contributed by atoms with Gasteiger partial charge in [0.15, 0.2) is 0 Å². The molecule has 142 valence electrons. The van der Waals surface area contributed by atoms with Crippen molar-refractivity contribution in [3.05, 3.63) is 102 Å². The van der Waals surface area contributed by atoms with E-state index in [9.17, 15) is 0 Å². The zero-order valence-corrected chi connectivity index (χ0v) is 16.5. The number of benzene rings is 3. The molecule has 3 aromatic rings. The largest absolute Gasteiger partial charge is 0.492 e. The van der Waals surface area contributed by atoms with Crippen LogP contribution in [0.25, 0.3) is 11.1 Å². The first-order valence-corrected chi connectivity index (χ1v) is 10.1. The summed E-state index contributed by atoms with van der Waals surface area (Å²) in [5.74, 6) is 0.941. The summed E-state index contributed by atoms with van der Waals surface area (Å²) in [4.78, 5) is 2.37. The van der Waals surface area contributed by atoms with Crippen LogP contribution < -0.4 is 4.74 Å². The summed E-state index contributed by atoms with van der Waals surface area (Å²) in [5, 5.41) is 0. The Morgan fingerprint density at radius 3 is 1.89 bits per heavy atom. The molecular weight excluding hydrogens is 342 g/mol. The Hall–Kier alpha value is -2.84. The Balaban J connectivity index is 1.68. The predicted molar refractivity (Wildman–Crippen MR) is 117 cm³/mol. The quantitative estimate of drug-likeness (QED) is 0.370. The Labute approximate surface area is 168 Å². The minimum absolute atomic E-state index is 0.755. The topological polar surface area (TPSA) is 12.2 Å². The van der Waals surface area contributed by atoms with E-state index in [2.05, 4.69) is 96.8 Å². The Morgan fingerprint density at radius 1 is 0.750 bits per heavy atom. The normalized spacial score (nSPS) is 14.5. The van der Waals surface area contributed by atoms with E-state index >= 15 is 0 Å². The summed E-state index contributed by atoms with van der Waals surface area (Å²) in [6, 6.07) is 29.9. The molecule has 2 heteroatoms. The Morgan fingerprint density at radius 2 is 1.32 bits per heavy atom. The zero-order valence-electron chi connectivity index (χ0n) is 16.5. The summed E-state index contributed by atoms with van der Waals surface area (Å²) in [7, 11) is 0. The van der Waals surface area contributed by atoms with Gasteiger partial charge < -0.3 is 4.74 Å². The SMILES string of the molecule is CC/C(=C(\c1ccccc1)c1ccc(OCCN2CC2)cc1)c1ccccc1. The summed E-state index contributed by atoms with van der Waals surface area (Å²) in [6.45, 7) is 6.44. The molecule has 1 saturated heterocycles. The summed E-state index contributed by atoms with van der Waals surface area (Å²) < 4.78 is 5.91. The van der Waals surface area contributed by atoms with Crippen molar-refractivity contribution in [2.24, 2.45) is 0 Å². The average molecular weight is 370 g/mol. The van der Waals surface area contributed by atoms with Crippen molar-refractivity contribution in [1.82, 2.24) is 4.90 Å². The molecule has 1 aliphatic rings. The molecule has 4 rings (SSSR count). The molecule has 1 aliphatic heterocycles. The van der Waals surface area contributed by atoms with Gasteiger partial charge in [0, 0.05) is 19.6 Å². The van der Waals surface area contributed by atoms with Crippen molar-refractivity contribution in [2.45, 2.75) is 13.3 Å². The molecule has 2 nitrogen and oxygen atoms in total. The van der Waals surface area contributed by atoms with E-state index < -0.39 is 0 Å². The molecule has 1 heterocycles. The number of hydrogen-bond donors (Lipinski definition) is 0. The molecule has 0 amide bonds. The zero-order chi connectivity index (χ0) is 19.2. The van der Waals surface area contributed by atoms with Gasteiger partial charge >= 0.3 is 0 Å². The van der Waals surface area contributed by atoms with Crippen LogP contribution in [0.1, 0.15) is 30.0 Å². The highest BCUT2D eigenvalue weighted by molar-refractivity contribution is 5.98. The molecule has 0 aliphatic carbocycles. The van der Waals surface area contributed by atoms with Crippen LogP contribution in [0.2, 0.25) is 0 Å². The molecule has 0 saturated carbocycles. The molecule has 0 unspecified atom stereocenters. The van der Waals surface area contributed by atoms with E-state index in [1.54, 1.807) is 0 Å². The van der Waals surface area contributed by atoms with Gasteiger partial charge in [0.25, 0.3) is 0 Å². The van der Waals surface area contributed by atoms with E-state index in [1.807, 2.05) is 0 Å². The Bertz CT molecular complexity index is 910. The molecule has 0 bridgehead atoms. The molecule has 1 fully saturated rings.